The lowest BCUT2D eigenvalue weighted by Crippen LogP contribution is -2.04. The van der Waals surface area contributed by atoms with Crippen molar-refractivity contribution in [1.29, 1.82) is 0 Å². The average molecular weight is 135 g/mol. The normalized spacial score (nSPS) is 12.0. The van der Waals surface area contributed by atoms with Gasteiger partial charge in [0.1, 0.15) is 0 Å². The zero-order valence-electron chi connectivity index (χ0n) is 2.72. The first kappa shape index (κ1) is 6.44. The van der Waals surface area contributed by atoms with Crippen LogP contribution in [0.3, 0.4) is 0 Å². The van der Waals surface area contributed by atoms with E-state index in [1.54, 1.807) is 0 Å². The van der Waals surface area contributed by atoms with Gasteiger partial charge in [0.05, 0.1) is 0 Å². The molecule has 0 heterocycles. The van der Waals surface area contributed by atoms with Gasteiger partial charge in [-0.2, -0.15) is 0 Å². The van der Waals surface area contributed by atoms with Gasteiger partial charge >= 0.3 is 0 Å². The molecule has 0 aliphatic rings. The van der Waals surface area contributed by atoms with Crippen LogP contribution >= 0.6 is 23.2 Å². The van der Waals surface area contributed by atoms with E-state index in [0.717, 1.165) is 0 Å². The van der Waals surface area contributed by atoms with Crippen molar-refractivity contribution >= 4 is 23.2 Å². The molecule has 4 heteroatoms. The lowest BCUT2D eigenvalue weighted by molar-refractivity contribution is 0.303. The van der Waals surface area contributed by atoms with E-state index in [0.29, 0.717) is 0 Å². The Kier molecular flexibility index (Phi) is 2.08. The van der Waals surface area contributed by atoms with Crippen molar-refractivity contribution in [1.82, 2.24) is 0 Å². The van der Waals surface area contributed by atoms with Crippen LogP contribution in [0.4, 0.5) is 8.78 Å². The SMILES string of the molecule is FCC(F)(Cl)Cl. The van der Waals surface area contributed by atoms with Crippen LogP contribution in [0.1, 0.15) is 0 Å². The molecule has 0 aromatic heterocycles. The molecule has 0 fully saturated rings. The number of hydrogen-bond donors (Lipinski definition) is 0. The smallest absolute Gasteiger partial charge is 0.245 e. The second-order valence-corrected chi connectivity index (χ2v) is 2.14. The maximum atomic E-state index is 11.3. The van der Waals surface area contributed by atoms with Gasteiger partial charge in [-0.15, -0.1) is 0 Å². The summed E-state index contributed by atoms with van der Waals surface area (Å²) in [5.74, 6) is 0. The first-order chi connectivity index (χ1) is 2.56. The fourth-order valence-corrected chi connectivity index (χ4v) is 0. The molecule has 6 heavy (non-hydrogen) atoms. The monoisotopic (exact) mass is 134 g/mol. The van der Waals surface area contributed by atoms with E-state index < -0.39 is 11.3 Å². The lowest BCUT2D eigenvalue weighted by atomic mass is 10.8. The van der Waals surface area contributed by atoms with Crippen molar-refractivity contribution < 1.29 is 8.78 Å². The zero-order valence-corrected chi connectivity index (χ0v) is 4.23. The molecule has 0 N–H and O–H groups in total. The van der Waals surface area contributed by atoms with Gasteiger partial charge in [0, 0.05) is 0 Å². The van der Waals surface area contributed by atoms with Crippen molar-refractivity contribution in [3.05, 3.63) is 0 Å². The van der Waals surface area contributed by atoms with Crippen LogP contribution in [0, 0.1) is 0 Å². The summed E-state index contributed by atoms with van der Waals surface area (Å²) in [6, 6.07) is 0. The quantitative estimate of drug-likeness (QED) is 0.482. The molecule has 0 amide bonds. The van der Waals surface area contributed by atoms with Crippen molar-refractivity contribution in [3.8, 4) is 0 Å². The Morgan fingerprint density at radius 1 is 1.50 bits per heavy atom. The summed E-state index contributed by atoms with van der Waals surface area (Å²) in [7, 11) is 0. The molecule has 0 saturated carbocycles. The average Bonchev–Trinajstić information content (AvgIpc) is 1.35. The Labute approximate surface area is 44.0 Å². The molecule has 38 valence electrons. The van der Waals surface area contributed by atoms with Crippen LogP contribution in [-0.4, -0.2) is 11.3 Å². The van der Waals surface area contributed by atoms with Gasteiger partial charge in [-0.1, -0.05) is 23.2 Å². The van der Waals surface area contributed by atoms with Crippen molar-refractivity contribution in [2.75, 3.05) is 6.67 Å². The van der Waals surface area contributed by atoms with E-state index in [1.165, 1.54) is 0 Å². The van der Waals surface area contributed by atoms with Crippen LogP contribution in [0.25, 0.3) is 0 Å². The molecule has 0 aliphatic heterocycles. The van der Waals surface area contributed by atoms with Crippen LogP contribution in [0.5, 0.6) is 0 Å². The van der Waals surface area contributed by atoms with Crippen LogP contribution in [0.2, 0.25) is 0 Å². The minimum atomic E-state index is -2.68. The predicted molar refractivity (Wildman–Crippen MR) is 21.5 cm³/mol. The molecular formula is C2H2Cl2F2. The van der Waals surface area contributed by atoms with E-state index in [1.807, 2.05) is 0 Å². The van der Waals surface area contributed by atoms with E-state index in [4.69, 9.17) is 0 Å². The summed E-state index contributed by atoms with van der Waals surface area (Å²) in [4.78, 5) is 0. The summed E-state index contributed by atoms with van der Waals surface area (Å²) in [6.07, 6.45) is 0. The van der Waals surface area contributed by atoms with E-state index in [2.05, 4.69) is 23.2 Å². The third kappa shape index (κ3) is 4.44. The van der Waals surface area contributed by atoms with E-state index in [9.17, 15) is 8.78 Å². The van der Waals surface area contributed by atoms with Gasteiger partial charge < -0.3 is 0 Å². The van der Waals surface area contributed by atoms with Crippen molar-refractivity contribution in [3.63, 3.8) is 0 Å². The Morgan fingerprint density at radius 2 is 1.67 bits per heavy atom. The summed E-state index contributed by atoms with van der Waals surface area (Å²) in [6.45, 7) is -1.36. The highest BCUT2D eigenvalue weighted by Gasteiger charge is 2.20. The molecular weight excluding hydrogens is 133 g/mol. The highest BCUT2D eigenvalue weighted by Crippen LogP contribution is 2.21. The van der Waals surface area contributed by atoms with E-state index in [-0.39, 0.29) is 0 Å². The van der Waals surface area contributed by atoms with Gasteiger partial charge in [0.15, 0.2) is 6.67 Å². The van der Waals surface area contributed by atoms with Crippen LogP contribution in [0.15, 0.2) is 0 Å². The zero-order chi connectivity index (χ0) is 5.21. The second-order valence-electron chi connectivity index (χ2n) is 0.749. The number of hydrogen-bond acceptors (Lipinski definition) is 0. The standard InChI is InChI=1S/C2H2Cl2F2/c3-2(4,6)1-5/h1H2. The number of alkyl halides is 4. The summed E-state index contributed by atoms with van der Waals surface area (Å²) < 4.78 is 19.5. The number of halogens is 4. The highest BCUT2D eigenvalue weighted by molar-refractivity contribution is 6.47. The molecule has 0 nitrogen and oxygen atoms in total. The fraction of sp³-hybridized carbons (Fsp3) is 1.00. The Bertz CT molecular complexity index is 39.3. The maximum Gasteiger partial charge on any atom is 0.285 e. The first-order valence-corrected chi connectivity index (χ1v) is 1.94. The van der Waals surface area contributed by atoms with Gasteiger partial charge in [-0.25, -0.2) is 8.78 Å². The van der Waals surface area contributed by atoms with Gasteiger partial charge in [-0.3, -0.25) is 0 Å². The summed E-state index contributed by atoms with van der Waals surface area (Å²) in [5, 5.41) is 0. The Hall–Kier alpha value is 0.440. The van der Waals surface area contributed by atoms with Gasteiger partial charge in [0.25, 0.3) is 4.59 Å². The van der Waals surface area contributed by atoms with Crippen molar-refractivity contribution in [2.24, 2.45) is 0 Å². The minimum Gasteiger partial charge on any atom is -0.245 e. The lowest BCUT2D eigenvalue weighted by Gasteiger charge is -1.97. The largest absolute Gasteiger partial charge is 0.285 e. The molecule has 0 saturated heterocycles. The topological polar surface area (TPSA) is 0 Å². The molecule has 0 bridgehead atoms. The van der Waals surface area contributed by atoms with Crippen molar-refractivity contribution in [2.45, 2.75) is 4.59 Å². The molecule has 0 aromatic rings. The third-order valence-electron chi connectivity index (χ3n) is 0.152. The third-order valence-corrected chi connectivity index (χ3v) is 0.354. The molecule has 0 atom stereocenters. The molecule has 0 radical (unpaired) electrons. The molecule has 0 aromatic carbocycles. The number of rotatable bonds is 1. The first-order valence-electron chi connectivity index (χ1n) is 1.19. The Balaban J connectivity index is 3.17. The Morgan fingerprint density at radius 3 is 1.67 bits per heavy atom. The summed E-state index contributed by atoms with van der Waals surface area (Å²) >= 11 is 8.88. The molecule has 0 rings (SSSR count). The van der Waals surface area contributed by atoms with Crippen LogP contribution in [-0.2, 0) is 0 Å². The summed E-state index contributed by atoms with van der Waals surface area (Å²) in [5.41, 5.74) is 0. The molecule has 0 unspecified atom stereocenters. The molecule has 0 spiro atoms. The molecule has 0 aliphatic carbocycles. The second kappa shape index (κ2) is 1.94. The van der Waals surface area contributed by atoms with Gasteiger partial charge in [0.2, 0.25) is 0 Å². The maximum absolute atomic E-state index is 11.3. The fourth-order valence-electron chi connectivity index (χ4n) is 0. The van der Waals surface area contributed by atoms with Crippen LogP contribution < -0.4 is 0 Å². The highest BCUT2D eigenvalue weighted by atomic mass is 35.5. The predicted octanol–water partition coefficient (Wildman–Crippen LogP) is 2.06. The van der Waals surface area contributed by atoms with E-state index >= 15 is 0 Å². The minimum absolute atomic E-state index is 1.36. The van der Waals surface area contributed by atoms with Gasteiger partial charge in [-0.05, 0) is 0 Å².